The van der Waals surface area contributed by atoms with Gasteiger partial charge in [0.05, 0.1) is 11.3 Å². The maximum atomic E-state index is 12.3. The van der Waals surface area contributed by atoms with Crippen LogP contribution in [0.3, 0.4) is 0 Å². The van der Waals surface area contributed by atoms with Gasteiger partial charge in [0.25, 0.3) is 11.8 Å². The number of carbonyl (C=O) groups is 2. The molecule has 2 aromatic heterocycles. The minimum Gasteiger partial charge on any atom is -0.494 e. The van der Waals surface area contributed by atoms with E-state index in [-0.39, 0.29) is 22.9 Å². The number of rotatable bonds is 3. The summed E-state index contributed by atoms with van der Waals surface area (Å²) in [5.74, 6) is -0.609. The van der Waals surface area contributed by atoms with Crippen LogP contribution in [0, 0.1) is 13.8 Å². The van der Waals surface area contributed by atoms with Crippen LogP contribution in [-0.2, 0) is 0 Å². The van der Waals surface area contributed by atoms with Gasteiger partial charge >= 0.3 is 0 Å². The number of aryl methyl sites for hydroxylation is 2. The van der Waals surface area contributed by atoms with Crippen molar-refractivity contribution in [1.29, 1.82) is 0 Å². The molecule has 4 rings (SSSR count). The second-order valence-corrected chi connectivity index (χ2v) is 6.71. The van der Waals surface area contributed by atoms with Crippen LogP contribution < -0.4 is 0 Å². The first kappa shape index (κ1) is 19.1. The first-order valence-corrected chi connectivity index (χ1v) is 9.06. The third kappa shape index (κ3) is 3.24. The van der Waals surface area contributed by atoms with Crippen molar-refractivity contribution in [3.8, 4) is 17.4 Å². The van der Waals surface area contributed by atoms with Crippen molar-refractivity contribution >= 4 is 22.6 Å². The molecule has 8 nitrogen and oxygen atoms in total. The second-order valence-electron chi connectivity index (χ2n) is 6.71. The predicted octanol–water partition coefficient (Wildman–Crippen LogP) is 4.68. The molecule has 0 saturated carbocycles. The highest BCUT2D eigenvalue weighted by molar-refractivity contribution is 5.99. The first-order chi connectivity index (χ1) is 14.4. The van der Waals surface area contributed by atoms with Gasteiger partial charge in [-0.3, -0.25) is 14.2 Å². The summed E-state index contributed by atoms with van der Waals surface area (Å²) < 4.78 is 6.54. The van der Waals surface area contributed by atoms with Crippen LogP contribution in [0.2, 0.25) is 0 Å². The van der Waals surface area contributed by atoms with E-state index in [0.717, 1.165) is 0 Å². The van der Waals surface area contributed by atoms with E-state index in [1.54, 1.807) is 50.2 Å². The van der Waals surface area contributed by atoms with E-state index in [4.69, 9.17) is 4.42 Å². The third-order valence-corrected chi connectivity index (χ3v) is 4.71. The fourth-order valence-electron chi connectivity index (χ4n) is 3.26. The molecule has 0 aliphatic heterocycles. The number of amides is 2. The van der Waals surface area contributed by atoms with Gasteiger partial charge < -0.3 is 14.6 Å². The summed E-state index contributed by atoms with van der Waals surface area (Å²) in [5, 5.41) is 28.8. The van der Waals surface area contributed by atoms with Crippen LogP contribution in [0.4, 0.5) is 0 Å². The summed E-state index contributed by atoms with van der Waals surface area (Å²) in [4.78, 5) is 24.3. The lowest BCUT2D eigenvalue weighted by molar-refractivity contribution is 0.0946. The predicted molar refractivity (Wildman–Crippen MR) is 108 cm³/mol. The van der Waals surface area contributed by atoms with Crippen molar-refractivity contribution in [2.45, 2.75) is 13.8 Å². The Morgan fingerprint density at radius 3 is 1.97 bits per heavy atom. The Morgan fingerprint density at radius 2 is 1.43 bits per heavy atom. The summed E-state index contributed by atoms with van der Waals surface area (Å²) in [7, 11) is 0. The largest absolute Gasteiger partial charge is 0.494 e. The zero-order chi connectivity index (χ0) is 21.4. The molecule has 8 heteroatoms. The second kappa shape index (κ2) is 7.32. The highest BCUT2D eigenvalue weighted by atomic mass is 16.3. The molecular formula is C22H17N3O5. The molecule has 0 bridgehead atoms. The van der Waals surface area contributed by atoms with Crippen LogP contribution in [0.25, 0.3) is 16.5 Å². The van der Waals surface area contributed by atoms with Gasteiger partial charge in [-0.15, -0.1) is 10.2 Å². The Balaban J connectivity index is 1.57. The van der Waals surface area contributed by atoms with E-state index < -0.39 is 11.8 Å². The summed E-state index contributed by atoms with van der Waals surface area (Å²) in [6.07, 6.45) is 0. The zero-order valence-corrected chi connectivity index (χ0v) is 16.2. The summed E-state index contributed by atoms with van der Waals surface area (Å²) >= 11 is 0. The summed E-state index contributed by atoms with van der Waals surface area (Å²) in [6.45, 7) is 3.34. The van der Waals surface area contributed by atoms with Gasteiger partial charge in [-0.1, -0.05) is 12.1 Å². The van der Waals surface area contributed by atoms with Crippen molar-refractivity contribution in [3.63, 3.8) is 0 Å². The monoisotopic (exact) mass is 403 g/mol. The number of azo groups is 1. The van der Waals surface area contributed by atoms with E-state index in [1.807, 2.05) is 0 Å². The van der Waals surface area contributed by atoms with Gasteiger partial charge in [0.2, 0.25) is 11.8 Å². The Bertz CT molecular complexity index is 1270. The molecule has 150 valence electrons. The van der Waals surface area contributed by atoms with Crippen molar-refractivity contribution in [1.82, 2.24) is 4.57 Å². The maximum absolute atomic E-state index is 12.3. The third-order valence-electron chi connectivity index (χ3n) is 4.71. The number of benzene rings is 2. The summed E-state index contributed by atoms with van der Waals surface area (Å²) in [5.41, 5.74) is 0.909. The zero-order valence-electron chi connectivity index (χ0n) is 16.2. The molecule has 0 saturated heterocycles. The van der Waals surface area contributed by atoms with Gasteiger partial charge in [0.1, 0.15) is 11.5 Å². The minimum atomic E-state index is -0.695. The minimum absolute atomic E-state index is 0.113. The van der Waals surface area contributed by atoms with E-state index in [0.29, 0.717) is 28.0 Å². The number of aromatic nitrogens is 1. The molecule has 2 heterocycles. The van der Waals surface area contributed by atoms with Gasteiger partial charge in [-0.25, -0.2) is 0 Å². The Morgan fingerprint density at radius 1 is 0.867 bits per heavy atom. The highest BCUT2D eigenvalue weighted by Crippen LogP contribution is 2.38. The molecule has 0 fully saturated rings. The molecule has 4 aromatic rings. The van der Waals surface area contributed by atoms with E-state index in [1.165, 1.54) is 22.8 Å². The molecule has 0 aliphatic carbocycles. The van der Waals surface area contributed by atoms with Crippen LogP contribution in [0.5, 0.6) is 11.8 Å². The molecular weight excluding hydrogens is 386 g/mol. The SMILES string of the molecule is Cc1cc(C(=O)N=NC(=O)c2ccc(-n3c(O)c4ccccc4c3O)cc2)c(C)o1. The Hall–Kier alpha value is -4.20. The Labute approximate surface area is 170 Å². The molecule has 0 radical (unpaired) electrons. The fraction of sp³-hybridized carbons (Fsp3) is 0.0909. The first-order valence-electron chi connectivity index (χ1n) is 9.06. The quantitative estimate of drug-likeness (QED) is 0.482. The van der Waals surface area contributed by atoms with Crippen LogP contribution in [0.15, 0.2) is 69.2 Å². The topological polar surface area (TPSA) is 117 Å². The van der Waals surface area contributed by atoms with Crippen molar-refractivity contribution < 1.29 is 24.2 Å². The average molecular weight is 403 g/mol. The van der Waals surface area contributed by atoms with Gasteiger partial charge in [0, 0.05) is 16.3 Å². The van der Waals surface area contributed by atoms with Crippen LogP contribution in [-0.4, -0.2) is 26.6 Å². The summed E-state index contributed by atoms with van der Waals surface area (Å²) in [6, 6.07) is 14.5. The fourth-order valence-corrected chi connectivity index (χ4v) is 3.26. The van der Waals surface area contributed by atoms with Gasteiger partial charge in [-0.2, -0.15) is 0 Å². The molecule has 0 aliphatic rings. The van der Waals surface area contributed by atoms with E-state index in [9.17, 15) is 19.8 Å². The van der Waals surface area contributed by atoms with E-state index in [2.05, 4.69) is 10.2 Å². The molecule has 30 heavy (non-hydrogen) atoms. The molecule has 2 N–H and O–H groups in total. The molecule has 0 spiro atoms. The molecule has 0 unspecified atom stereocenters. The number of fused-ring (bicyclic) bond motifs is 1. The standard InChI is InChI=1S/C22H17N3O5/c1-12-11-18(13(2)30-12)20(27)24-23-19(26)14-7-9-15(10-8-14)25-21(28)16-5-3-4-6-17(16)22(25)29/h3-11,28-29H,1-2H3. The van der Waals surface area contributed by atoms with Crippen LogP contribution in [0.1, 0.15) is 32.2 Å². The van der Waals surface area contributed by atoms with Gasteiger partial charge in [-0.05, 0) is 56.3 Å². The number of aromatic hydroxyl groups is 2. The lowest BCUT2D eigenvalue weighted by Crippen LogP contribution is -1.99. The van der Waals surface area contributed by atoms with Crippen molar-refractivity contribution in [3.05, 3.63) is 77.2 Å². The smallest absolute Gasteiger partial charge is 0.299 e. The normalized spacial score (nSPS) is 11.4. The maximum Gasteiger partial charge on any atom is 0.299 e. The number of hydrogen-bond acceptors (Lipinski definition) is 5. The highest BCUT2D eigenvalue weighted by Gasteiger charge is 2.17. The lowest BCUT2D eigenvalue weighted by atomic mass is 10.2. The van der Waals surface area contributed by atoms with Crippen LogP contribution >= 0.6 is 0 Å². The molecule has 2 amide bonds. The number of hydrogen-bond donors (Lipinski definition) is 2. The molecule has 0 atom stereocenters. The van der Waals surface area contributed by atoms with Crippen molar-refractivity contribution in [2.75, 3.05) is 0 Å². The van der Waals surface area contributed by atoms with E-state index >= 15 is 0 Å². The Kier molecular flexibility index (Phi) is 4.67. The molecule has 2 aromatic carbocycles. The number of nitrogens with zero attached hydrogens (tertiary/aromatic N) is 3. The number of furan rings is 1. The average Bonchev–Trinajstić information content (AvgIpc) is 3.22. The lowest BCUT2D eigenvalue weighted by Gasteiger charge is -2.07. The van der Waals surface area contributed by atoms with Crippen molar-refractivity contribution in [2.24, 2.45) is 10.2 Å². The number of carbonyl (C=O) groups excluding carboxylic acids is 2. The van der Waals surface area contributed by atoms with Gasteiger partial charge in [0.15, 0.2) is 0 Å².